The molecule has 0 spiro atoms. The number of aromatic amines is 1. The van der Waals surface area contributed by atoms with Gasteiger partial charge in [0.2, 0.25) is 0 Å². The second-order valence-corrected chi connectivity index (χ2v) is 6.16. The summed E-state index contributed by atoms with van der Waals surface area (Å²) in [5, 5.41) is 4.04. The molecular formula is C20H18N2O3. The van der Waals surface area contributed by atoms with Crippen LogP contribution in [0.4, 0.5) is 0 Å². The van der Waals surface area contributed by atoms with Gasteiger partial charge in [0.1, 0.15) is 0 Å². The highest BCUT2D eigenvalue weighted by Crippen LogP contribution is 2.21. The lowest BCUT2D eigenvalue weighted by Gasteiger charge is -2.23. The first-order chi connectivity index (χ1) is 12.2. The number of ether oxygens (including phenoxy) is 1. The van der Waals surface area contributed by atoms with Gasteiger partial charge in [-0.3, -0.25) is 4.79 Å². The van der Waals surface area contributed by atoms with Gasteiger partial charge in [0, 0.05) is 30.1 Å². The largest absolute Gasteiger partial charge is 0.448 e. The molecule has 1 amide bonds. The molecule has 2 heterocycles. The van der Waals surface area contributed by atoms with Gasteiger partial charge in [0.25, 0.3) is 5.91 Å². The molecule has 3 aromatic rings. The summed E-state index contributed by atoms with van der Waals surface area (Å²) in [4.78, 5) is 27.6. The molecule has 1 aliphatic heterocycles. The molecule has 126 valence electrons. The van der Waals surface area contributed by atoms with Gasteiger partial charge in [-0.15, -0.1) is 0 Å². The number of para-hydroxylation sites is 1. The van der Waals surface area contributed by atoms with Crippen LogP contribution in [0.1, 0.15) is 21.5 Å². The number of rotatable bonds is 4. The number of carbonyl (C=O) groups excluding carboxylic acids is 2. The van der Waals surface area contributed by atoms with E-state index in [1.165, 1.54) is 0 Å². The summed E-state index contributed by atoms with van der Waals surface area (Å²) in [6.45, 7) is 0.496. The van der Waals surface area contributed by atoms with E-state index in [1.54, 1.807) is 12.1 Å². The maximum Gasteiger partial charge on any atom is 0.339 e. The monoisotopic (exact) mass is 334 g/mol. The van der Waals surface area contributed by atoms with Crippen LogP contribution in [0.15, 0.2) is 54.7 Å². The fourth-order valence-corrected chi connectivity index (χ4v) is 3.25. The molecule has 1 aliphatic rings. The highest BCUT2D eigenvalue weighted by Gasteiger charge is 2.30. The quantitative estimate of drug-likeness (QED) is 0.721. The van der Waals surface area contributed by atoms with Crippen LogP contribution in [0, 0.1) is 0 Å². The van der Waals surface area contributed by atoms with E-state index in [0.29, 0.717) is 24.9 Å². The SMILES string of the molecule is O=C1O[C@H](C(=O)NCCc2c[nH]c3ccccc23)Cc2ccccc21. The molecule has 1 atom stereocenters. The molecule has 5 heteroatoms. The Kier molecular flexibility index (Phi) is 3.98. The minimum atomic E-state index is -0.759. The summed E-state index contributed by atoms with van der Waals surface area (Å²) in [6.07, 6.45) is 2.34. The molecule has 0 saturated carbocycles. The van der Waals surface area contributed by atoms with E-state index in [1.807, 2.05) is 36.5 Å². The van der Waals surface area contributed by atoms with Crippen LogP contribution < -0.4 is 5.32 Å². The van der Waals surface area contributed by atoms with Crippen LogP contribution in [0.2, 0.25) is 0 Å². The average molecular weight is 334 g/mol. The summed E-state index contributed by atoms with van der Waals surface area (Å²) in [5.74, 6) is -0.679. The summed E-state index contributed by atoms with van der Waals surface area (Å²) in [6, 6.07) is 15.3. The predicted octanol–water partition coefficient (Wildman–Crippen LogP) is 2.61. The van der Waals surface area contributed by atoms with Crippen molar-refractivity contribution < 1.29 is 14.3 Å². The number of aromatic nitrogens is 1. The van der Waals surface area contributed by atoms with Crippen LogP contribution in [-0.2, 0) is 22.4 Å². The molecular weight excluding hydrogens is 316 g/mol. The molecule has 2 N–H and O–H groups in total. The molecule has 5 nitrogen and oxygen atoms in total. The summed E-state index contributed by atoms with van der Waals surface area (Å²) >= 11 is 0. The van der Waals surface area contributed by atoms with Gasteiger partial charge in [-0.25, -0.2) is 4.79 Å². The normalized spacial score (nSPS) is 16.3. The molecule has 0 unspecified atom stereocenters. The molecule has 0 aliphatic carbocycles. The number of carbonyl (C=O) groups is 2. The first-order valence-electron chi connectivity index (χ1n) is 8.34. The number of hydrogen-bond acceptors (Lipinski definition) is 3. The Balaban J connectivity index is 1.38. The van der Waals surface area contributed by atoms with Crippen molar-refractivity contribution in [3.8, 4) is 0 Å². The van der Waals surface area contributed by atoms with E-state index in [4.69, 9.17) is 4.74 Å². The Morgan fingerprint density at radius 3 is 2.88 bits per heavy atom. The Morgan fingerprint density at radius 1 is 1.16 bits per heavy atom. The Hall–Kier alpha value is -3.08. The third kappa shape index (κ3) is 3.01. The van der Waals surface area contributed by atoms with Crippen LogP contribution in [0.5, 0.6) is 0 Å². The van der Waals surface area contributed by atoms with Gasteiger partial charge >= 0.3 is 5.97 Å². The Bertz CT molecular complexity index is 945. The standard InChI is InChI=1S/C20H18N2O3/c23-19(18-11-13-5-1-2-7-16(13)20(24)25-18)21-10-9-14-12-22-17-8-4-3-6-15(14)17/h1-8,12,18,22H,9-11H2,(H,21,23)/t18-/m0/s1. The van der Waals surface area contributed by atoms with Crippen molar-refractivity contribution in [2.75, 3.05) is 6.54 Å². The number of fused-ring (bicyclic) bond motifs is 2. The third-order valence-electron chi connectivity index (χ3n) is 4.55. The van der Waals surface area contributed by atoms with Crippen molar-refractivity contribution >= 4 is 22.8 Å². The fourth-order valence-electron chi connectivity index (χ4n) is 3.25. The first-order valence-corrected chi connectivity index (χ1v) is 8.34. The highest BCUT2D eigenvalue weighted by atomic mass is 16.5. The molecule has 2 aromatic carbocycles. The second-order valence-electron chi connectivity index (χ2n) is 6.16. The van der Waals surface area contributed by atoms with Gasteiger partial charge in [0.15, 0.2) is 6.10 Å². The molecule has 4 rings (SSSR count). The molecule has 25 heavy (non-hydrogen) atoms. The predicted molar refractivity (Wildman–Crippen MR) is 94.4 cm³/mol. The third-order valence-corrected chi connectivity index (χ3v) is 4.55. The Labute approximate surface area is 145 Å². The van der Waals surface area contributed by atoms with Crippen molar-refractivity contribution in [1.82, 2.24) is 10.3 Å². The lowest BCUT2D eigenvalue weighted by atomic mass is 9.98. The zero-order valence-electron chi connectivity index (χ0n) is 13.6. The van der Waals surface area contributed by atoms with Crippen LogP contribution in [0.3, 0.4) is 0 Å². The molecule has 1 aromatic heterocycles. The van der Waals surface area contributed by atoms with Gasteiger partial charge in [0.05, 0.1) is 5.56 Å². The lowest BCUT2D eigenvalue weighted by molar-refractivity contribution is -0.130. The maximum atomic E-state index is 12.3. The fraction of sp³-hybridized carbons (Fsp3) is 0.200. The number of nitrogens with one attached hydrogen (secondary N) is 2. The van der Waals surface area contributed by atoms with E-state index in [0.717, 1.165) is 22.0 Å². The van der Waals surface area contributed by atoms with E-state index in [9.17, 15) is 9.59 Å². The maximum absolute atomic E-state index is 12.3. The first kappa shape index (κ1) is 15.4. The number of benzene rings is 2. The van der Waals surface area contributed by atoms with Gasteiger partial charge in [-0.1, -0.05) is 36.4 Å². The number of amides is 1. The molecule has 0 bridgehead atoms. The minimum absolute atomic E-state index is 0.248. The highest BCUT2D eigenvalue weighted by molar-refractivity contribution is 5.95. The average Bonchev–Trinajstić information content (AvgIpc) is 3.05. The zero-order chi connectivity index (χ0) is 17.2. The van der Waals surface area contributed by atoms with Crippen molar-refractivity contribution in [3.63, 3.8) is 0 Å². The van der Waals surface area contributed by atoms with Crippen LogP contribution in [0.25, 0.3) is 10.9 Å². The molecule has 0 saturated heterocycles. The zero-order valence-corrected chi connectivity index (χ0v) is 13.6. The van der Waals surface area contributed by atoms with E-state index in [2.05, 4.69) is 16.4 Å². The van der Waals surface area contributed by atoms with Crippen molar-refractivity contribution in [3.05, 3.63) is 71.4 Å². The van der Waals surface area contributed by atoms with Crippen molar-refractivity contribution in [2.24, 2.45) is 0 Å². The molecule has 0 radical (unpaired) electrons. The van der Waals surface area contributed by atoms with Gasteiger partial charge in [-0.05, 0) is 29.7 Å². The van der Waals surface area contributed by atoms with Gasteiger partial charge < -0.3 is 15.0 Å². The smallest absolute Gasteiger partial charge is 0.339 e. The summed E-state index contributed by atoms with van der Waals surface area (Å²) in [5.41, 5.74) is 3.64. The molecule has 0 fully saturated rings. The summed E-state index contributed by atoms with van der Waals surface area (Å²) in [7, 11) is 0. The van der Waals surface area contributed by atoms with Crippen LogP contribution >= 0.6 is 0 Å². The van der Waals surface area contributed by atoms with Gasteiger partial charge in [-0.2, -0.15) is 0 Å². The number of cyclic esters (lactones) is 1. The number of esters is 1. The van der Waals surface area contributed by atoms with Crippen LogP contribution in [-0.4, -0.2) is 29.5 Å². The van der Waals surface area contributed by atoms with E-state index < -0.39 is 12.1 Å². The van der Waals surface area contributed by atoms with E-state index >= 15 is 0 Å². The lowest BCUT2D eigenvalue weighted by Crippen LogP contribution is -2.42. The van der Waals surface area contributed by atoms with E-state index in [-0.39, 0.29) is 5.91 Å². The number of hydrogen-bond donors (Lipinski definition) is 2. The summed E-state index contributed by atoms with van der Waals surface area (Å²) < 4.78 is 5.28. The topological polar surface area (TPSA) is 71.2 Å². The van der Waals surface area contributed by atoms with Crippen molar-refractivity contribution in [2.45, 2.75) is 18.9 Å². The second kappa shape index (κ2) is 6.43. The van der Waals surface area contributed by atoms with Crippen molar-refractivity contribution in [1.29, 1.82) is 0 Å². The minimum Gasteiger partial charge on any atom is -0.448 e. The number of H-pyrrole nitrogens is 1. The Morgan fingerprint density at radius 2 is 1.96 bits per heavy atom.